The normalized spacial score (nSPS) is 12.6. The molecule has 0 bridgehead atoms. The summed E-state index contributed by atoms with van der Waals surface area (Å²) in [5.74, 6) is 2.07. The Balaban J connectivity index is 1.54. The lowest BCUT2D eigenvalue weighted by atomic mass is 10.2. The highest BCUT2D eigenvalue weighted by Gasteiger charge is 2.12. The Morgan fingerprint density at radius 2 is 2.04 bits per heavy atom. The lowest BCUT2D eigenvalue weighted by Gasteiger charge is -2.11. The predicted octanol–water partition coefficient (Wildman–Crippen LogP) is 3.53. The summed E-state index contributed by atoms with van der Waals surface area (Å²) in [5.41, 5.74) is 1.87. The van der Waals surface area contributed by atoms with Crippen molar-refractivity contribution in [2.24, 2.45) is 0 Å². The van der Waals surface area contributed by atoms with Gasteiger partial charge in [-0.3, -0.25) is 4.79 Å². The smallest absolute Gasteiger partial charge is 0.244 e. The van der Waals surface area contributed by atoms with E-state index >= 15 is 0 Å². The van der Waals surface area contributed by atoms with Crippen LogP contribution in [0.5, 0.6) is 17.2 Å². The summed E-state index contributed by atoms with van der Waals surface area (Å²) in [6.07, 6.45) is 3.37. The molecule has 2 aromatic carbocycles. The van der Waals surface area contributed by atoms with Crippen LogP contribution < -0.4 is 19.5 Å². The van der Waals surface area contributed by atoms with E-state index in [2.05, 4.69) is 5.32 Å². The summed E-state index contributed by atoms with van der Waals surface area (Å²) in [6.45, 7) is 4.65. The van der Waals surface area contributed by atoms with Gasteiger partial charge in [-0.05, 0) is 55.3 Å². The van der Waals surface area contributed by atoms with E-state index in [-0.39, 0.29) is 18.8 Å². The highest BCUT2D eigenvalue weighted by Crippen LogP contribution is 2.32. The van der Waals surface area contributed by atoms with Crippen LogP contribution in [0.2, 0.25) is 0 Å². The molecule has 3 rings (SSSR count). The van der Waals surface area contributed by atoms with Crippen LogP contribution in [0.4, 0.5) is 0 Å². The second-order valence-corrected chi connectivity index (χ2v) is 5.98. The van der Waals surface area contributed by atoms with Crippen molar-refractivity contribution in [3.63, 3.8) is 0 Å². The van der Waals surface area contributed by atoms with Gasteiger partial charge in [-0.25, -0.2) is 0 Å². The Bertz CT molecular complexity index is 783. The van der Waals surface area contributed by atoms with Crippen LogP contribution in [0.1, 0.15) is 25.0 Å². The second-order valence-electron chi connectivity index (χ2n) is 5.98. The average Bonchev–Trinajstić information content (AvgIpc) is 3.05. The zero-order chi connectivity index (χ0) is 17.6. The van der Waals surface area contributed by atoms with Crippen molar-refractivity contribution >= 4 is 12.0 Å². The molecule has 0 aliphatic carbocycles. The minimum atomic E-state index is -0.159. The third kappa shape index (κ3) is 4.76. The van der Waals surface area contributed by atoms with Crippen molar-refractivity contribution in [2.45, 2.75) is 26.5 Å². The van der Waals surface area contributed by atoms with E-state index in [4.69, 9.17) is 14.2 Å². The van der Waals surface area contributed by atoms with Gasteiger partial charge >= 0.3 is 0 Å². The first-order valence-corrected chi connectivity index (χ1v) is 8.21. The first-order valence-electron chi connectivity index (χ1n) is 8.21. The predicted molar refractivity (Wildman–Crippen MR) is 95.7 cm³/mol. The number of nitrogens with one attached hydrogen (secondary N) is 1. The van der Waals surface area contributed by atoms with Gasteiger partial charge < -0.3 is 19.5 Å². The third-order valence-corrected chi connectivity index (χ3v) is 3.56. The van der Waals surface area contributed by atoms with Gasteiger partial charge in [-0.2, -0.15) is 0 Å². The summed E-state index contributed by atoms with van der Waals surface area (Å²) < 4.78 is 16.2. The van der Waals surface area contributed by atoms with Gasteiger partial charge in [0.05, 0.1) is 6.10 Å². The van der Waals surface area contributed by atoms with Crippen LogP contribution in [0.15, 0.2) is 48.5 Å². The lowest BCUT2D eigenvalue weighted by molar-refractivity contribution is -0.116. The highest BCUT2D eigenvalue weighted by molar-refractivity contribution is 5.91. The van der Waals surface area contributed by atoms with Crippen molar-refractivity contribution in [3.05, 3.63) is 59.7 Å². The van der Waals surface area contributed by atoms with Crippen LogP contribution in [-0.2, 0) is 11.3 Å². The van der Waals surface area contributed by atoms with Gasteiger partial charge in [-0.15, -0.1) is 0 Å². The van der Waals surface area contributed by atoms with E-state index in [0.29, 0.717) is 12.3 Å². The Kier molecular flexibility index (Phi) is 5.23. The minimum absolute atomic E-state index is 0.120. The molecule has 25 heavy (non-hydrogen) atoms. The molecule has 0 saturated heterocycles. The molecule has 0 saturated carbocycles. The Morgan fingerprint density at radius 3 is 2.88 bits per heavy atom. The van der Waals surface area contributed by atoms with Crippen molar-refractivity contribution < 1.29 is 19.0 Å². The first-order chi connectivity index (χ1) is 12.1. The molecular weight excluding hydrogens is 318 g/mol. The summed E-state index contributed by atoms with van der Waals surface area (Å²) >= 11 is 0. The standard InChI is InChI=1S/C20H21NO4/c1-14(2)25-17-5-3-4-16(10-17)12-21-20(22)9-7-15-6-8-18-19(11-15)24-13-23-18/h3-11,14H,12-13H2,1-2H3,(H,21,22)/b9-7+. The van der Waals surface area contributed by atoms with Crippen LogP contribution in [0, 0.1) is 0 Å². The molecular formula is C20H21NO4. The van der Waals surface area contributed by atoms with Crippen LogP contribution in [0.25, 0.3) is 6.08 Å². The molecule has 0 spiro atoms. The summed E-state index contributed by atoms with van der Waals surface area (Å²) in [6, 6.07) is 13.3. The molecule has 5 nitrogen and oxygen atoms in total. The number of hydrogen-bond donors (Lipinski definition) is 1. The van der Waals surface area contributed by atoms with Gasteiger partial charge in [0.2, 0.25) is 12.7 Å². The van der Waals surface area contributed by atoms with Crippen LogP contribution >= 0.6 is 0 Å². The number of fused-ring (bicyclic) bond motifs is 1. The molecule has 1 aliphatic heterocycles. The molecule has 1 amide bonds. The minimum Gasteiger partial charge on any atom is -0.491 e. The molecule has 2 aromatic rings. The fraction of sp³-hybridized carbons (Fsp3) is 0.250. The maximum atomic E-state index is 12.0. The molecule has 1 aliphatic rings. The average molecular weight is 339 g/mol. The third-order valence-electron chi connectivity index (χ3n) is 3.56. The maximum Gasteiger partial charge on any atom is 0.244 e. The number of carbonyl (C=O) groups excluding carboxylic acids is 1. The van der Waals surface area contributed by atoms with E-state index < -0.39 is 0 Å². The number of carbonyl (C=O) groups is 1. The summed E-state index contributed by atoms with van der Waals surface area (Å²) in [7, 11) is 0. The number of ether oxygens (including phenoxy) is 3. The van der Waals surface area contributed by atoms with E-state index in [9.17, 15) is 4.79 Å². The van der Waals surface area contributed by atoms with Crippen molar-refractivity contribution in [1.82, 2.24) is 5.32 Å². The number of benzene rings is 2. The largest absolute Gasteiger partial charge is 0.491 e. The Morgan fingerprint density at radius 1 is 1.20 bits per heavy atom. The molecule has 0 aromatic heterocycles. The van der Waals surface area contributed by atoms with Gasteiger partial charge in [0.1, 0.15) is 5.75 Å². The Labute approximate surface area is 147 Å². The van der Waals surface area contributed by atoms with Gasteiger partial charge in [0.25, 0.3) is 0 Å². The molecule has 0 atom stereocenters. The fourth-order valence-electron chi connectivity index (χ4n) is 2.44. The fourth-order valence-corrected chi connectivity index (χ4v) is 2.44. The zero-order valence-electron chi connectivity index (χ0n) is 14.3. The summed E-state index contributed by atoms with van der Waals surface area (Å²) in [4.78, 5) is 12.0. The molecule has 1 N–H and O–H groups in total. The topological polar surface area (TPSA) is 56.8 Å². The van der Waals surface area contributed by atoms with Crippen LogP contribution in [-0.4, -0.2) is 18.8 Å². The molecule has 0 unspecified atom stereocenters. The number of amides is 1. The molecule has 130 valence electrons. The van der Waals surface area contributed by atoms with E-state index in [1.54, 1.807) is 6.08 Å². The quantitative estimate of drug-likeness (QED) is 0.818. The van der Waals surface area contributed by atoms with Crippen molar-refractivity contribution in [3.8, 4) is 17.2 Å². The van der Waals surface area contributed by atoms with E-state index in [1.807, 2.05) is 56.3 Å². The first kappa shape index (κ1) is 16.9. The van der Waals surface area contributed by atoms with E-state index in [1.165, 1.54) is 6.08 Å². The van der Waals surface area contributed by atoms with E-state index in [0.717, 1.165) is 22.6 Å². The summed E-state index contributed by atoms with van der Waals surface area (Å²) in [5, 5.41) is 2.86. The van der Waals surface area contributed by atoms with Gasteiger partial charge in [0.15, 0.2) is 11.5 Å². The molecule has 0 fully saturated rings. The highest BCUT2D eigenvalue weighted by atomic mass is 16.7. The van der Waals surface area contributed by atoms with Crippen molar-refractivity contribution in [2.75, 3.05) is 6.79 Å². The Hall–Kier alpha value is -2.95. The number of hydrogen-bond acceptors (Lipinski definition) is 4. The molecule has 5 heteroatoms. The van der Waals surface area contributed by atoms with Gasteiger partial charge in [0, 0.05) is 12.6 Å². The van der Waals surface area contributed by atoms with Crippen molar-refractivity contribution in [1.29, 1.82) is 0 Å². The monoisotopic (exact) mass is 339 g/mol. The number of rotatable bonds is 6. The SMILES string of the molecule is CC(C)Oc1cccc(CNC(=O)/C=C/c2ccc3c(c2)OCO3)c1. The zero-order valence-corrected chi connectivity index (χ0v) is 14.3. The maximum absolute atomic E-state index is 12.0. The van der Waals surface area contributed by atoms with Gasteiger partial charge in [-0.1, -0.05) is 18.2 Å². The molecule has 0 radical (unpaired) electrons. The second kappa shape index (κ2) is 7.75. The lowest BCUT2D eigenvalue weighted by Crippen LogP contribution is -2.20. The van der Waals surface area contributed by atoms with Crippen LogP contribution in [0.3, 0.4) is 0 Å². The molecule has 1 heterocycles.